The fourth-order valence-electron chi connectivity index (χ4n) is 2.27. The van der Waals surface area contributed by atoms with Gasteiger partial charge in [-0.3, -0.25) is 0 Å². The lowest BCUT2D eigenvalue weighted by molar-refractivity contribution is -0.137. The molecule has 6 nitrogen and oxygen atoms in total. The minimum atomic E-state index is -4.37. The van der Waals surface area contributed by atoms with Crippen molar-refractivity contribution in [1.29, 1.82) is 0 Å². The van der Waals surface area contributed by atoms with Crippen LogP contribution in [0.2, 0.25) is 0 Å². The van der Waals surface area contributed by atoms with Crippen LogP contribution in [-0.4, -0.2) is 35.6 Å². The lowest BCUT2D eigenvalue weighted by Gasteiger charge is -2.12. The zero-order valence-electron chi connectivity index (χ0n) is 16.6. The second kappa shape index (κ2) is 12.2. The van der Waals surface area contributed by atoms with Crippen molar-refractivity contribution in [3.05, 3.63) is 39.5 Å². The van der Waals surface area contributed by atoms with Gasteiger partial charge in [0.2, 0.25) is 0 Å². The maximum absolute atomic E-state index is 12.5. The van der Waals surface area contributed by atoms with Crippen LogP contribution in [0.1, 0.15) is 34.5 Å². The summed E-state index contributed by atoms with van der Waals surface area (Å²) in [6, 6.07) is 2.35. The van der Waals surface area contributed by atoms with Gasteiger partial charge in [0, 0.05) is 30.7 Å². The number of hydrogen-bond donors (Lipinski definition) is 3. The summed E-state index contributed by atoms with van der Waals surface area (Å²) in [5.74, 6) is 1.13. The predicted octanol–water partition coefficient (Wildman–Crippen LogP) is 4.35. The van der Waals surface area contributed by atoms with Gasteiger partial charge in [0.1, 0.15) is 10.8 Å². The highest BCUT2D eigenvalue weighted by atomic mass is 127. The highest BCUT2D eigenvalue weighted by molar-refractivity contribution is 14.0. The minimum absolute atomic E-state index is 0. The normalized spacial score (nSPS) is 11.7. The molecule has 0 fully saturated rings. The monoisotopic (exact) mass is 542 g/mol. The summed E-state index contributed by atoms with van der Waals surface area (Å²) in [6.07, 6.45) is -2.78. The Morgan fingerprint density at radius 2 is 1.93 bits per heavy atom. The summed E-state index contributed by atoms with van der Waals surface area (Å²) >= 11 is 1.65. The van der Waals surface area contributed by atoms with Crippen molar-refractivity contribution in [3.8, 4) is 0 Å². The Morgan fingerprint density at radius 3 is 2.48 bits per heavy atom. The third kappa shape index (κ3) is 8.72. The molecule has 0 aromatic carbocycles. The molecule has 0 atom stereocenters. The first-order valence-electron chi connectivity index (χ1n) is 9.01. The van der Waals surface area contributed by atoms with E-state index in [9.17, 15) is 13.2 Å². The Hall–Kier alpha value is -1.63. The topological polar surface area (TPSA) is 74.2 Å². The van der Waals surface area contributed by atoms with Crippen molar-refractivity contribution >= 4 is 47.1 Å². The van der Waals surface area contributed by atoms with E-state index in [0.29, 0.717) is 31.4 Å². The van der Waals surface area contributed by atoms with E-state index in [1.165, 1.54) is 10.9 Å². The molecular formula is C18H26F3IN6S. The van der Waals surface area contributed by atoms with Gasteiger partial charge in [-0.05, 0) is 39.3 Å². The Bertz CT molecular complexity index is 757. The molecule has 0 saturated heterocycles. The van der Waals surface area contributed by atoms with Crippen molar-refractivity contribution in [1.82, 2.24) is 20.6 Å². The quantitative estimate of drug-likeness (QED) is 0.200. The molecule has 2 rings (SSSR count). The number of guanidine groups is 1. The largest absolute Gasteiger partial charge is 0.417 e. The molecule has 0 aliphatic carbocycles. The van der Waals surface area contributed by atoms with Gasteiger partial charge < -0.3 is 16.0 Å². The number of anilines is 1. The fourth-order valence-corrected chi connectivity index (χ4v) is 3.13. The number of thiazole rings is 1. The van der Waals surface area contributed by atoms with Crippen molar-refractivity contribution < 1.29 is 13.2 Å². The van der Waals surface area contributed by atoms with E-state index in [2.05, 4.69) is 30.9 Å². The van der Waals surface area contributed by atoms with Crippen LogP contribution in [0.25, 0.3) is 0 Å². The lowest BCUT2D eigenvalue weighted by Crippen LogP contribution is -2.38. The Labute approximate surface area is 189 Å². The Balaban J connectivity index is 0.00000420. The predicted molar refractivity (Wildman–Crippen MR) is 122 cm³/mol. The highest BCUT2D eigenvalue weighted by Gasteiger charge is 2.30. The first-order valence-corrected chi connectivity index (χ1v) is 9.83. The number of pyridine rings is 1. The van der Waals surface area contributed by atoms with Crippen LogP contribution in [0.5, 0.6) is 0 Å². The maximum Gasteiger partial charge on any atom is 0.417 e. The summed E-state index contributed by atoms with van der Waals surface area (Å²) in [7, 11) is 0. The number of hydrogen-bond acceptors (Lipinski definition) is 5. The SMILES string of the molecule is CCNC(=NCc1nc(C)c(C)s1)NCCCNc1ccc(C(F)(F)F)cn1.I. The molecule has 0 amide bonds. The summed E-state index contributed by atoms with van der Waals surface area (Å²) in [5, 5.41) is 10.4. The van der Waals surface area contributed by atoms with Gasteiger partial charge in [-0.25, -0.2) is 15.0 Å². The van der Waals surface area contributed by atoms with Crippen LogP contribution < -0.4 is 16.0 Å². The van der Waals surface area contributed by atoms with Crippen molar-refractivity contribution in [3.63, 3.8) is 0 Å². The molecular weight excluding hydrogens is 516 g/mol. The number of aliphatic imine (C=N–C) groups is 1. The summed E-state index contributed by atoms with van der Waals surface area (Å²) in [4.78, 5) is 14.0. The molecule has 29 heavy (non-hydrogen) atoms. The number of nitrogens with one attached hydrogen (secondary N) is 3. The van der Waals surface area contributed by atoms with Crippen molar-refractivity contribution in [2.45, 2.75) is 39.9 Å². The smallest absolute Gasteiger partial charge is 0.370 e. The van der Waals surface area contributed by atoms with Gasteiger partial charge >= 0.3 is 6.18 Å². The number of alkyl halides is 3. The second-order valence-electron chi connectivity index (χ2n) is 6.08. The molecule has 11 heteroatoms. The van der Waals surface area contributed by atoms with E-state index < -0.39 is 11.7 Å². The molecule has 0 bridgehead atoms. The standard InChI is InChI=1S/C18H25F3N6S.HI/c1-4-22-17(26-11-16-27-12(2)13(3)28-16)24-9-5-8-23-15-7-6-14(10-25-15)18(19,20)21;/h6-7,10H,4-5,8-9,11H2,1-3H3,(H,23,25)(H2,22,24,26);1H. The van der Waals surface area contributed by atoms with E-state index in [1.807, 2.05) is 20.8 Å². The summed E-state index contributed by atoms with van der Waals surface area (Å²) < 4.78 is 37.5. The number of nitrogens with zero attached hydrogens (tertiary/aromatic N) is 3. The molecule has 0 spiro atoms. The van der Waals surface area contributed by atoms with Crippen LogP contribution >= 0.6 is 35.3 Å². The third-order valence-corrected chi connectivity index (χ3v) is 4.89. The van der Waals surface area contributed by atoms with Gasteiger partial charge in [0.25, 0.3) is 0 Å². The van der Waals surface area contributed by atoms with Gasteiger partial charge in [-0.1, -0.05) is 0 Å². The number of rotatable bonds is 8. The molecule has 0 saturated carbocycles. The minimum Gasteiger partial charge on any atom is -0.370 e. The van der Waals surface area contributed by atoms with Crippen molar-refractivity contribution in [2.75, 3.05) is 25.0 Å². The molecule has 162 valence electrons. The molecule has 0 unspecified atom stereocenters. The van der Waals surface area contributed by atoms with Gasteiger partial charge in [-0.15, -0.1) is 35.3 Å². The zero-order chi connectivity index (χ0) is 20.6. The number of aromatic nitrogens is 2. The van der Waals surface area contributed by atoms with E-state index >= 15 is 0 Å². The van der Waals surface area contributed by atoms with Crippen LogP contribution in [-0.2, 0) is 12.7 Å². The fraction of sp³-hybridized carbons (Fsp3) is 0.500. The molecule has 3 N–H and O–H groups in total. The van der Waals surface area contributed by atoms with E-state index in [-0.39, 0.29) is 24.0 Å². The van der Waals surface area contributed by atoms with E-state index in [1.54, 1.807) is 11.3 Å². The molecule has 0 radical (unpaired) electrons. The molecule has 0 aliphatic heterocycles. The van der Waals surface area contributed by atoms with Crippen LogP contribution in [0, 0.1) is 13.8 Å². The van der Waals surface area contributed by atoms with E-state index in [0.717, 1.165) is 35.9 Å². The number of aryl methyl sites for hydroxylation is 2. The van der Waals surface area contributed by atoms with Crippen LogP contribution in [0.3, 0.4) is 0 Å². The second-order valence-corrected chi connectivity index (χ2v) is 7.37. The number of halogens is 4. The van der Waals surface area contributed by atoms with Gasteiger partial charge in [-0.2, -0.15) is 13.2 Å². The molecule has 2 heterocycles. The van der Waals surface area contributed by atoms with Gasteiger partial charge in [0.15, 0.2) is 5.96 Å². The molecule has 2 aromatic heterocycles. The first-order chi connectivity index (χ1) is 13.3. The first kappa shape index (κ1) is 25.4. The Kier molecular flexibility index (Phi) is 10.6. The molecule has 2 aromatic rings. The highest BCUT2D eigenvalue weighted by Crippen LogP contribution is 2.28. The third-order valence-electron chi connectivity index (χ3n) is 3.83. The Morgan fingerprint density at radius 1 is 1.17 bits per heavy atom. The van der Waals surface area contributed by atoms with E-state index in [4.69, 9.17) is 0 Å². The van der Waals surface area contributed by atoms with Crippen molar-refractivity contribution in [2.24, 2.45) is 4.99 Å². The average molecular weight is 542 g/mol. The lowest BCUT2D eigenvalue weighted by atomic mass is 10.3. The zero-order valence-corrected chi connectivity index (χ0v) is 19.7. The molecule has 0 aliphatic rings. The average Bonchev–Trinajstić information content (AvgIpc) is 2.97. The van der Waals surface area contributed by atoms with Crippen LogP contribution in [0.15, 0.2) is 23.3 Å². The van der Waals surface area contributed by atoms with Gasteiger partial charge in [0.05, 0.1) is 17.8 Å². The summed E-state index contributed by atoms with van der Waals surface area (Å²) in [5.41, 5.74) is 0.285. The maximum atomic E-state index is 12.5. The summed E-state index contributed by atoms with van der Waals surface area (Å²) in [6.45, 7) is 8.53. The van der Waals surface area contributed by atoms with Crippen LogP contribution in [0.4, 0.5) is 19.0 Å².